The molecule has 41 heavy (non-hydrogen) atoms. The number of nitrogens with one attached hydrogen (secondary N) is 2. The lowest BCUT2D eigenvalue weighted by molar-refractivity contribution is -0.141. The minimum atomic E-state index is -1.37. The molecule has 4 N–H and O–H groups in total. The number of aryl methyl sites for hydroxylation is 2. The zero-order valence-corrected chi connectivity index (χ0v) is 24.2. The molecule has 0 spiro atoms. The Morgan fingerprint density at radius 1 is 1.00 bits per heavy atom. The SMILES string of the molecule is C=CCN(C(=O)C(CC(N)=O)NC(=O)OC(C)(C)C)C(C(=O)Nc1ccc2ccccc2c1)c1ccc(C)cc1C. The minimum Gasteiger partial charge on any atom is -0.444 e. The van der Waals surface area contributed by atoms with Crippen LogP contribution in [0.3, 0.4) is 0 Å². The van der Waals surface area contributed by atoms with E-state index in [1.807, 2.05) is 62.4 Å². The molecule has 9 nitrogen and oxygen atoms in total. The summed E-state index contributed by atoms with van der Waals surface area (Å²) < 4.78 is 5.31. The van der Waals surface area contributed by atoms with Gasteiger partial charge in [0, 0.05) is 12.2 Å². The Hall–Kier alpha value is -4.66. The van der Waals surface area contributed by atoms with Crippen molar-refractivity contribution in [2.24, 2.45) is 5.73 Å². The van der Waals surface area contributed by atoms with Gasteiger partial charge in [-0.1, -0.05) is 60.2 Å². The quantitative estimate of drug-likeness (QED) is 0.304. The van der Waals surface area contributed by atoms with Gasteiger partial charge in [-0.3, -0.25) is 14.4 Å². The zero-order chi connectivity index (χ0) is 30.3. The van der Waals surface area contributed by atoms with E-state index in [0.717, 1.165) is 21.9 Å². The fraction of sp³-hybridized carbons (Fsp3) is 0.312. The minimum absolute atomic E-state index is 0.0484. The summed E-state index contributed by atoms with van der Waals surface area (Å²) in [6, 6.07) is 16.4. The monoisotopic (exact) mass is 558 g/mol. The summed E-state index contributed by atoms with van der Waals surface area (Å²) in [5.41, 5.74) is 7.51. The highest BCUT2D eigenvalue weighted by atomic mass is 16.6. The molecule has 0 saturated heterocycles. The number of nitrogens with two attached hydrogens (primary N) is 1. The molecule has 3 rings (SSSR count). The summed E-state index contributed by atoms with van der Waals surface area (Å²) in [6.07, 6.45) is 0.101. The molecule has 0 bridgehead atoms. The van der Waals surface area contributed by atoms with Crippen LogP contribution < -0.4 is 16.4 Å². The van der Waals surface area contributed by atoms with Crippen molar-refractivity contribution in [3.63, 3.8) is 0 Å². The summed E-state index contributed by atoms with van der Waals surface area (Å²) in [4.78, 5) is 53.8. The zero-order valence-electron chi connectivity index (χ0n) is 24.2. The van der Waals surface area contributed by atoms with Gasteiger partial charge in [0.05, 0.1) is 6.42 Å². The second kappa shape index (κ2) is 13.1. The molecule has 4 amide bonds. The second-order valence-electron chi connectivity index (χ2n) is 11.0. The van der Waals surface area contributed by atoms with Crippen molar-refractivity contribution in [3.05, 3.63) is 90.0 Å². The van der Waals surface area contributed by atoms with Gasteiger partial charge in [0.1, 0.15) is 17.7 Å². The molecule has 0 aromatic heterocycles. The summed E-state index contributed by atoms with van der Waals surface area (Å²) in [5.74, 6) is -1.97. The number of anilines is 1. The number of alkyl carbamates (subject to hydrolysis) is 1. The number of fused-ring (bicyclic) bond motifs is 1. The van der Waals surface area contributed by atoms with Crippen LogP contribution in [0.1, 0.15) is 49.9 Å². The number of carbonyl (C=O) groups is 4. The molecule has 2 unspecified atom stereocenters. The molecule has 9 heteroatoms. The Morgan fingerprint density at radius 2 is 1.68 bits per heavy atom. The van der Waals surface area contributed by atoms with E-state index in [-0.39, 0.29) is 6.54 Å². The highest BCUT2D eigenvalue weighted by molar-refractivity contribution is 6.01. The average molecular weight is 559 g/mol. The number of amides is 4. The maximum Gasteiger partial charge on any atom is 0.408 e. The van der Waals surface area contributed by atoms with Crippen LogP contribution in [0.25, 0.3) is 10.8 Å². The van der Waals surface area contributed by atoms with E-state index >= 15 is 0 Å². The van der Waals surface area contributed by atoms with Crippen molar-refractivity contribution in [2.75, 3.05) is 11.9 Å². The van der Waals surface area contributed by atoms with Gasteiger partial charge in [0.25, 0.3) is 5.91 Å². The third-order valence-corrected chi connectivity index (χ3v) is 6.30. The molecule has 0 heterocycles. The number of hydrogen-bond donors (Lipinski definition) is 3. The van der Waals surface area contributed by atoms with Crippen molar-refractivity contribution in [1.29, 1.82) is 0 Å². The van der Waals surface area contributed by atoms with Crippen LogP contribution in [0.4, 0.5) is 10.5 Å². The van der Waals surface area contributed by atoms with Gasteiger partial charge in [0.2, 0.25) is 11.8 Å². The van der Waals surface area contributed by atoms with Crippen LogP contribution in [-0.4, -0.2) is 46.9 Å². The molecule has 0 aliphatic rings. The fourth-order valence-corrected chi connectivity index (χ4v) is 4.57. The van der Waals surface area contributed by atoms with E-state index in [0.29, 0.717) is 11.3 Å². The van der Waals surface area contributed by atoms with Crippen molar-refractivity contribution < 1.29 is 23.9 Å². The van der Waals surface area contributed by atoms with E-state index in [9.17, 15) is 19.2 Å². The first-order valence-corrected chi connectivity index (χ1v) is 13.3. The summed E-state index contributed by atoms with van der Waals surface area (Å²) >= 11 is 0. The average Bonchev–Trinajstić information content (AvgIpc) is 2.87. The Morgan fingerprint density at radius 3 is 2.29 bits per heavy atom. The Kier molecular flexibility index (Phi) is 9.89. The van der Waals surface area contributed by atoms with Gasteiger partial charge < -0.3 is 26.0 Å². The molecule has 0 aliphatic heterocycles. The van der Waals surface area contributed by atoms with E-state index < -0.39 is 47.9 Å². The lowest BCUT2D eigenvalue weighted by Gasteiger charge is -2.34. The van der Waals surface area contributed by atoms with Crippen LogP contribution in [-0.2, 0) is 19.1 Å². The van der Waals surface area contributed by atoms with E-state index in [1.165, 1.54) is 11.0 Å². The molecule has 2 atom stereocenters. The maximum absolute atomic E-state index is 14.0. The topological polar surface area (TPSA) is 131 Å². The molecule has 3 aromatic rings. The van der Waals surface area contributed by atoms with Crippen LogP contribution in [0.2, 0.25) is 0 Å². The van der Waals surface area contributed by atoms with Gasteiger partial charge in [-0.2, -0.15) is 0 Å². The van der Waals surface area contributed by atoms with Crippen molar-refractivity contribution in [1.82, 2.24) is 10.2 Å². The maximum atomic E-state index is 14.0. The molecule has 216 valence electrons. The van der Waals surface area contributed by atoms with Crippen molar-refractivity contribution >= 4 is 40.3 Å². The molecule has 0 aliphatic carbocycles. The molecular formula is C32H38N4O5. The van der Waals surface area contributed by atoms with E-state index in [2.05, 4.69) is 17.2 Å². The van der Waals surface area contributed by atoms with Gasteiger partial charge in [-0.25, -0.2) is 4.79 Å². The van der Waals surface area contributed by atoms with Gasteiger partial charge in [-0.15, -0.1) is 6.58 Å². The number of hydrogen-bond acceptors (Lipinski definition) is 5. The van der Waals surface area contributed by atoms with Crippen molar-refractivity contribution in [2.45, 2.75) is 58.7 Å². The third-order valence-electron chi connectivity index (χ3n) is 6.30. The number of benzene rings is 3. The van der Waals surface area contributed by atoms with Crippen molar-refractivity contribution in [3.8, 4) is 0 Å². The number of nitrogens with zero attached hydrogens (tertiary/aromatic N) is 1. The molecular weight excluding hydrogens is 520 g/mol. The third kappa shape index (κ3) is 8.41. The van der Waals surface area contributed by atoms with Crippen LogP contribution in [0, 0.1) is 13.8 Å². The lowest BCUT2D eigenvalue weighted by Crippen LogP contribution is -2.53. The number of carbonyl (C=O) groups excluding carboxylic acids is 4. The van der Waals surface area contributed by atoms with Crippen LogP contribution in [0.5, 0.6) is 0 Å². The summed E-state index contributed by atoms with van der Waals surface area (Å²) in [7, 11) is 0. The first-order chi connectivity index (χ1) is 19.3. The van der Waals surface area contributed by atoms with E-state index in [1.54, 1.807) is 32.9 Å². The second-order valence-corrected chi connectivity index (χ2v) is 11.0. The molecule has 0 radical (unpaired) electrons. The van der Waals surface area contributed by atoms with E-state index in [4.69, 9.17) is 10.5 Å². The molecule has 0 fully saturated rings. The Bertz CT molecular complexity index is 1460. The fourth-order valence-electron chi connectivity index (χ4n) is 4.57. The predicted molar refractivity (Wildman–Crippen MR) is 160 cm³/mol. The van der Waals surface area contributed by atoms with Crippen LogP contribution >= 0.6 is 0 Å². The largest absolute Gasteiger partial charge is 0.444 e. The molecule has 3 aromatic carbocycles. The predicted octanol–water partition coefficient (Wildman–Crippen LogP) is 4.92. The smallest absolute Gasteiger partial charge is 0.408 e. The van der Waals surface area contributed by atoms with Gasteiger partial charge >= 0.3 is 6.09 Å². The van der Waals surface area contributed by atoms with Crippen LogP contribution in [0.15, 0.2) is 73.3 Å². The highest BCUT2D eigenvalue weighted by Gasteiger charge is 2.37. The molecule has 0 saturated carbocycles. The Labute approximate surface area is 240 Å². The summed E-state index contributed by atoms with van der Waals surface area (Å²) in [5, 5.41) is 7.37. The summed E-state index contributed by atoms with van der Waals surface area (Å²) in [6.45, 7) is 12.5. The van der Waals surface area contributed by atoms with Gasteiger partial charge in [0.15, 0.2) is 0 Å². The number of rotatable bonds is 10. The Balaban J connectivity index is 2.05. The first kappa shape index (κ1) is 30.9. The normalized spacial score (nSPS) is 12.6. The highest BCUT2D eigenvalue weighted by Crippen LogP contribution is 2.29. The lowest BCUT2D eigenvalue weighted by atomic mass is 9.96. The van der Waals surface area contributed by atoms with Gasteiger partial charge in [-0.05, 0) is 68.7 Å². The number of ether oxygens (including phenoxy) is 1. The first-order valence-electron chi connectivity index (χ1n) is 13.3. The number of primary amides is 1. The standard InChI is InChI=1S/C32H38N4O5/c1-7-16-36(30(39)26(19-27(33)37)35-31(40)41-32(4,5)6)28(25-15-12-20(2)17-21(25)3)29(38)34-24-14-13-22-10-8-9-11-23(22)18-24/h7-15,17-18,26,28H,1,16,19H2,2-6H3,(H2,33,37)(H,34,38)(H,35,40).